The number of hydrogen-bond donors (Lipinski definition) is 1. The Morgan fingerprint density at radius 1 is 1.33 bits per heavy atom. The van der Waals surface area contributed by atoms with Crippen LogP contribution >= 0.6 is 0 Å². The lowest BCUT2D eigenvalue weighted by Gasteiger charge is -2.18. The van der Waals surface area contributed by atoms with Crippen LogP contribution in [0.15, 0.2) is 22.7 Å². The fourth-order valence-corrected chi connectivity index (χ4v) is 2.31. The number of rotatable bonds is 2. The molecule has 0 saturated heterocycles. The Bertz CT molecular complexity index is 560. The van der Waals surface area contributed by atoms with E-state index in [0.29, 0.717) is 11.8 Å². The normalized spacial score (nSPS) is 14.8. The molecule has 1 aliphatic heterocycles. The molecule has 0 aliphatic carbocycles. The molecule has 94 valence electrons. The van der Waals surface area contributed by atoms with Crippen LogP contribution in [0, 0.1) is 0 Å². The lowest BCUT2D eigenvalue weighted by atomic mass is 9.95. The molecule has 0 unspecified atom stereocenters. The predicted octanol–water partition coefficient (Wildman–Crippen LogP) is 2.51. The van der Waals surface area contributed by atoms with Crippen LogP contribution in [0.1, 0.15) is 36.7 Å². The van der Waals surface area contributed by atoms with E-state index in [1.807, 2.05) is 0 Å². The molecular formula is C14H17N3O. The molecule has 4 heteroatoms. The summed E-state index contributed by atoms with van der Waals surface area (Å²) >= 11 is 0. The molecule has 0 radical (unpaired) electrons. The van der Waals surface area contributed by atoms with Gasteiger partial charge in [-0.25, -0.2) is 0 Å². The Hall–Kier alpha value is -1.68. The summed E-state index contributed by atoms with van der Waals surface area (Å²) in [5.74, 6) is 1.72. The van der Waals surface area contributed by atoms with Crippen molar-refractivity contribution in [1.82, 2.24) is 15.5 Å². The molecule has 0 atom stereocenters. The first-order chi connectivity index (χ1) is 8.75. The Labute approximate surface area is 106 Å². The maximum atomic E-state index is 5.40. The molecule has 18 heavy (non-hydrogen) atoms. The van der Waals surface area contributed by atoms with Gasteiger partial charge in [-0.3, -0.25) is 0 Å². The third-order valence-electron chi connectivity index (χ3n) is 3.33. The SMILES string of the molecule is CC(C)c1noc(-c2cccc3c2CCNC3)n1. The van der Waals surface area contributed by atoms with Crippen molar-refractivity contribution in [2.45, 2.75) is 32.7 Å². The van der Waals surface area contributed by atoms with Crippen molar-refractivity contribution >= 4 is 0 Å². The van der Waals surface area contributed by atoms with Gasteiger partial charge in [-0.05, 0) is 30.2 Å². The van der Waals surface area contributed by atoms with E-state index >= 15 is 0 Å². The van der Waals surface area contributed by atoms with E-state index in [0.717, 1.165) is 30.9 Å². The predicted molar refractivity (Wildman–Crippen MR) is 69.2 cm³/mol. The quantitative estimate of drug-likeness (QED) is 0.880. The maximum Gasteiger partial charge on any atom is 0.258 e. The minimum Gasteiger partial charge on any atom is -0.334 e. The smallest absolute Gasteiger partial charge is 0.258 e. The fraction of sp³-hybridized carbons (Fsp3) is 0.429. The monoisotopic (exact) mass is 243 g/mol. The number of hydrogen-bond acceptors (Lipinski definition) is 4. The van der Waals surface area contributed by atoms with E-state index in [4.69, 9.17) is 4.52 Å². The van der Waals surface area contributed by atoms with Crippen LogP contribution in [0.3, 0.4) is 0 Å². The molecular weight excluding hydrogens is 226 g/mol. The van der Waals surface area contributed by atoms with E-state index in [-0.39, 0.29) is 0 Å². The first kappa shape index (κ1) is 11.4. The lowest BCUT2D eigenvalue weighted by Crippen LogP contribution is -2.24. The summed E-state index contributed by atoms with van der Waals surface area (Å²) in [6, 6.07) is 6.28. The molecule has 4 nitrogen and oxygen atoms in total. The Morgan fingerprint density at radius 3 is 3.00 bits per heavy atom. The minimum absolute atomic E-state index is 0.295. The number of nitrogens with zero attached hydrogens (tertiary/aromatic N) is 2. The van der Waals surface area contributed by atoms with Crippen molar-refractivity contribution in [3.8, 4) is 11.5 Å². The van der Waals surface area contributed by atoms with Gasteiger partial charge in [0.2, 0.25) is 0 Å². The van der Waals surface area contributed by atoms with Crippen molar-refractivity contribution in [2.75, 3.05) is 6.54 Å². The maximum absolute atomic E-state index is 5.40. The van der Waals surface area contributed by atoms with Crippen LogP contribution in [0.2, 0.25) is 0 Å². The summed E-state index contributed by atoms with van der Waals surface area (Å²) in [4.78, 5) is 4.49. The molecule has 2 aromatic rings. The molecule has 0 spiro atoms. The van der Waals surface area contributed by atoms with Gasteiger partial charge in [0, 0.05) is 18.0 Å². The van der Waals surface area contributed by atoms with Crippen molar-refractivity contribution < 1.29 is 4.52 Å². The van der Waals surface area contributed by atoms with Crippen LogP contribution < -0.4 is 5.32 Å². The van der Waals surface area contributed by atoms with Crippen LogP contribution in [-0.2, 0) is 13.0 Å². The number of aromatic nitrogens is 2. The molecule has 1 aliphatic rings. The number of fused-ring (bicyclic) bond motifs is 1. The Kier molecular flexibility index (Phi) is 2.88. The molecule has 2 heterocycles. The topological polar surface area (TPSA) is 51.0 Å². The van der Waals surface area contributed by atoms with Crippen LogP contribution in [-0.4, -0.2) is 16.7 Å². The van der Waals surface area contributed by atoms with Gasteiger partial charge in [-0.15, -0.1) is 0 Å². The highest BCUT2D eigenvalue weighted by Gasteiger charge is 2.18. The van der Waals surface area contributed by atoms with Gasteiger partial charge in [-0.1, -0.05) is 31.1 Å². The minimum atomic E-state index is 0.295. The van der Waals surface area contributed by atoms with E-state index in [9.17, 15) is 0 Å². The van der Waals surface area contributed by atoms with Crippen molar-refractivity contribution in [3.05, 3.63) is 35.2 Å². The van der Waals surface area contributed by atoms with Crippen LogP contribution in [0.25, 0.3) is 11.5 Å². The van der Waals surface area contributed by atoms with E-state index < -0.39 is 0 Å². The molecule has 0 saturated carbocycles. The highest BCUT2D eigenvalue weighted by molar-refractivity contribution is 5.61. The molecule has 0 bridgehead atoms. The molecule has 0 fully saturated rings. The molecule has 1 aromatic carbocycles. The van der Waals surface area contributed by atoms with E-state index in [1.165, 1.54) is 11.1 Å². The first-order valence-electron chi connectivity index (χ1n) is 6.41. The lowest BCUT2D eigenvalue weighted by molar-refractivity contribution is 0.418. The molecule has 3 rings (SSSR count). The number of nitrogens with one attached hydrogen (secondary N) is 1. The van der Waals surface area contributed by atoms with Gasteiger partial charge in [0.05, 0.1) is 0 Å². The summed E-state index contributed by atoms with van der Waals surface area (Å²) < 4.78 is 5.40. The van der Waals surface area contributed by atoms with E-state index in [2.05, 4.69) is 47.5 Å². The summed E-state index contributed by atoms with van der Waals surface area (Å²) in [6.45, 7) is 6.07. The largest absolute Gasteiger partial charge is 0.334 e. The second kappa shape index (κ2) is 4.53. The second-order valence-electron chi connectivity index (χ2n) is 4.98. The third kappa shape index (κ3) is 1.93. The van der Waals surface area contributed by atoms with Gasteiger partial charge < -0.3 is 9.84 Å². The summed E-state index contributed by atoms with van der Waals surface area (Å²) in [6.07, 6.45) is 1.02. The van der Waals surface area contributed by atoms with Crippen molar-refractivity contribution in [2.24, 2.45) is 0 Å². The van der Waals surface area contributed by atoms with Gasteiger partial charge in [0.1, 0.15) is 0 Å². The summed E-state index contributed by atoms with van der Waals surface area (Å²) in [7, 11) is 0. The van der Waals surface area contributed by atoms with Gasteiger partial charge >= 0.3 is 0 Å². The average molecular weight is 243 g/mol. The zero-order valence-corrected chi connectivity index (χ0v) is 10.7. The summed E-state index contributed by atoms with van der Waals surface area (Å²) in [5.41, 5.74) is 3.77. The standard InChI is InChI=1S/C14H17N3O/c1-9(2)13-16-14(18-17-13)12-5-3-4-10-8-15-7-6-11(10)12/h3-5,9,15H,6-8H2,1-2H3. The third-order valence-corrected chi connectivity index (χ3v) is 3.33. The van der Waals surface area contributed by atoms with Crippen LogP contribution in [0.5, 0.6) is 0 Å². The Balaban J connectivity index is 2.05. The van der Waals surface area contributed by atoms with E-state index in [1.54, 1.807) is 0 Å². The number of benzene rings is 1. The van der Waals surface area contributed by atoms with Crippen LogP contribution in [0.4, 0.5) is 0 Å². The molecule has 1 aromatic heterocycles. The van der Waals surface area contributed by atoms with Gasteiger partial charge in [-0.2, -0.15) is 4.98 Å². The zero-order chi connectivity index (χ0) is 12.5. The highest BCUT2D eigenvalue weighted by atomic mass is 16.5. The summed E-state index contributed by atoms with van der Waals surface area (Å²) in [5, 5.41) is 7.42. The zero-order valence-electron chi connectivity index (χ0n) is 10.7. The Morgan fingerprint density at radius 2 is 2.22 bits per heavy atom. The van der Waals surface area contributed by atoms with Gasteiger partial charge in [0.25, 0.3) is 5.89 Å². The highest BCUT2D eigenvalue weighted by Crippen LogP contribution is 2.28. The van der Waals surface area contributed by atoms with Crippen molar-refractivity contribution in [1.29, 1.82) is 0 Å². The first-order valence-corrected chi connectivity index (χ1v) is 6.41. The molecule has 0 amide bonds. The molecule has 1 N–H and O–H groups in total. The second-order valence-corrected chi connectivity index (χ2v) is 4.98. The van der Waals surface area contributed by atoms with Gasteiger partial charge in [0.15, 0.2) is 5.82 Å². The van der Waals surface area contributed by atoms with Crippen molar-refractivity contribution in [3.63, 3.8) is 0 Å². The fourth-order valence-electron chi connectivity index (χ4n) is 2.31. The average Bonchev–Trinajstić information content (AvgIpc) is 2.87.